The smallest absolute Gasteiger partial charge is 0.288 e. The van der Waals surface area contributed by atoms with Gasteiger partial charge in [0.25, 0.3) is 5.76 Å². The molecule has 122 valence electrons. The second-order valence-corrected chi connectivity index (χ2v) is 6.26. The van der Waals surface area contributed by atoms with Gasteiger partial charge in [0.15, 0.2) is 0 Å². The maximum atomic E-state index is 12.3. The lowest BCUT2D eigenvalue weighted by Crippen LogP contribution is -2.31. The Kier molecular flexibility index (Phi) is 6.24. The van der Waals surface area contributed by atoms with Crippen molar-refractivity contribution < 1.29 is 13.6 Å². The highest BCUT2D eigenvalue weighted by Gasteiger charge is 2.13. The summed E-state index contributed by atoms with van der Waals surface area (Å²) in [5.41, 5.74) is 1.33. The molecule has 0 saturated heterocycles. The molecule has 0 bridgehead atoms. The number of thioether (sulfide) groups is 1. The molecule has 1 atom stereocenters. The van der Waals surface area contributed by atoms with Crippen molar-refractivity contribution in [2.45, 2.75) is 23.6 Å². The van der Waals surface area contributed by atoms with Gasteiger partial charge in [-0.1, -0.05) is 23.4 Å². The molecule has 0 unspecified atom stereocenters. The predicted octanol–water partition coefficient (Wildman–Crippen LogP) is 5.09. The number of carbonyl (C=O) groups is 1. The number of nitrogens with one attached hydrogen (secondary N) is 2. The summed E-state index contributed by atoms with van der Waals surface area (Å²) < 4.78 is 24.5. The van der Waals surface area contributed by atoms with Crippen LogP contribution in [0.15, 0.2) is 53.4 Å². The molecule has 3 nitrogen and oxygen atoms in total. The van der Waals surface area contributed by atoms with Crippen molar-refractivity contribution in [1.82, 2.24) is 0 Å². The Balaban J connectivity index is 1.91. The molecule has 0 aliphatic rings. The van der Waals surface area contributed by atoms with Crippen molar-refractivity contribution in [3.8, 4) is 0 Å². The summed E-state index contributed by atoms with van der Waals surface area (Å²) >= 11 is 6.27. The topological polar surface area (TPSA) is 41.1 Å². The van der Waals surface area contributed by atoms with Gasteiger partial charge in [-0.05, 0) is 55.5 Å². The highest BCUT2D eigenvalue weighted by atomic mass is 35.5. The van der Waals surface area contributed by atoms with Crippen molar-refractivity contribution >= 4 is 40.6 Å². The minimum absolute atomic E-state index is 0.210. The van der Waals surface area contributed by atoms with Gasteiger partial charge in [0, 0.05) is 21.3 Å². The van der Waals surface area contributed by atoms with E-state index in [-0.39, 0.29) is 5.91 Å². The van der Waals surface area contributed by atoms with E-state index >= 15 is 0 Å². The largest absolute Gasteiger partial charge is 0.374 e. The molecule has 23 heavy (non-hydrogen) atoms. The molecule has 1 amide bonds. The standard InChI is InChI=1S/C16H15ClF2N2OS/c1-10(15(22)21-13-4-2-11(17)3-5-13)20-12-6-8-14(9-7-12)23-16(18)19/h2-10,16,20H,1H3,(H,21,22)/t10-/m0/s1. The summed E-state index contributed by atoms with van der Waals surface area (Å²) in [7, 11) is 0. The van der Waals surface area contributed by atoms with Gasteiger partial charge in [0.1, 0.15) is 6.04 Å². The van der Waals surface area contributed by atoms with E-state index in [0.717, 1.165) is 0 Å². The Hall–Kier alpha value is -1.79. The third-order valence-electron chi connectivity index (χ3n) is 2.97. The van der Waals surface area contributed by atoms with Crippen LogP contribution in [-0.2, 0) is 4.79 Å². The second kappa shape index (κ2) is 8.17. The molecule has 0 saturated carbocycles. The average molecular weight is 357 g/mol. The lowest BCUT2D eigenvalue weighted by molar-refractivity contribution is -0.116. The first-order valence-electron chi connectivity index (χ1n) is 6.82. The van der Waals surface area contributed by atoms with E-state index in [0.29, 0.717) is 33.1 Å². The third-order valence-corrected chi connectivity index (χ3v) is 3.94. The molecule has 0 heterocycles. The molecule has 0 aromatic heterocycles. The molecule has 0 spiro atoms. The first-order valence-corrected chi connectivity index (χ1v) is 8.07. The summed E-state index contributed by atoms with van der Waals surface area (Å²) in [6, 6.07) is 12.8. The number of benzene rings is 2. The van der Waals surface area contributed by atoms with Crippen LogP contribution in [0, 0.1) is 0 Å². The van der Waals surface area contributed by atoms with Crippen LogP contribution in [0.1, 0.15) is 6.92 Å². The summed E-state index contributed by atoms with van der Waals surface area (Å²) in [4.78, 5) is 12.6. The number of hydrogen-bond donors (Lipinski definition) is 2. The average Bonchev–Trinajstić information content (AvgIpc) is 2.51. The van der Waals surface area contributed by atoms with Gasteiger partial charge in [-0.3, -0.25) is 4.79 Å². The number of alkyl halides is 2. The first-order chi connectivity index (χ1) is 10.9. The Bertz CT molecular complexity index is 650. The van der Waals surface area contributed by atoms with Gasteiger partial charge in [-0.2, -0.15) is 8.78 Å². The van der Waals surface area contributed by atoms with Gasteiger partial charge < -0.3 is 10.6 Å². The van der Waals surface area contributed by atoms with Crippen molar-refractivity contribution in [2.75, 3.05) is 10.6 Å². The van der Waals surface area contributed by atoms with Gasteiger partial charge in [0.2, 0.25) is 5.91 Å². The number of amides is 1. The lowest BCUT2D eigenvalue weighted by atomic mass is 10.2. The van der Waals surface area contributed by atoms with E-state index in [9.17, 15) is 13.6 Å². The highest BCUT2D eigenvalue weighted by Crippen LogP contribution is 2.26. The van der Waals surface area contributed by atoms with Crippen LogP contribution in [0.3, 0.4) is 0 Å². The molecule has 0 aliphatic heterocycles. The number of hydrogen-bond acceptors (Lipinski definition) is 3. The van der Waals surface area contributed by atoms with Crippen LogP contribution in [0.2, 0.25) is 5.02 Å². The van der Waals surface area contributed by atoms with Crippen molar-refractivity contribution in [1.29, 1.82) is 0 Å². The molecule has 7 heteroatoms. The predicted molar refractivity (Wildman–Crippen MR) is 91.5 cm³/mol. The van der Waals surface area contributed by atoms with E-state index in [1.807, 2.05) is 0 Å². The summed E-state index contributed by atoms with van der Waals surface area (Å²) in [6.45, 7) is 1.72. The maximum Gasteiger partial charge on any atom is 0.288 e. The zero-order valence-electron chi connectivity index (χ0n) is 12.2. The minimum atomic E-state index is -2.45. The van der Waals surface area contributed by atoms with Gasteiger partial charge in [0.05, 0.1) is 0 Å². The number of carbonyl (C=O) groups excluding carboxylic acids is 1. The van der Waals surface area contributed by atoms with Crippen molar-refractivity contribution in [3.63, 3.8) is 0 Å². The first kappa shape index (κ1) is 17.6. The van der Waals surface area contributed by atoms with Crippen LogP contribution in [0.4, 0.5) is 20.2 Å². The quantitative estimate of drug-likeness (QED) is 0.708. The van der Waals surface area contributed by atoms with E-state index in [1.54, 1.807) is 55.5 Å². The monoisotopic (exact) mass is 356 g/mol. The summed E-state index contributed by atoms with van der Waals surface area (Å²) in [5.74, 6) is -2.66. The van der Waals surface area contributed by atoms with E-state index in [1.165, 1.54) is 0 Å². The molecular formula is C16H15ClF2N2OS. The zero-order valence-corrected chi connectivity index (χ0v) is 13.8. The SMILES string of the molecule is C[C@H](Nc1ccc(SC(F)F)cc1)C(=O)Nc1ccc(Cl)cc1. The molecule has 0 aliphatic carbocycles. The maximum absolute atomic E-state index is 12.3. The highest BCUT2D eigenvalue weighted by molar-refractivity contribution is 7.99. The summed E-state index contributed by atoms with van der Waals surface area (Å²) in [6.07, 6.45) is 0. The molecule has 2 N–H and O–H groups in total. The molecule has 2 rings (SSSR count). The normalized spacial score (nSPS) is 12.0. The summed E-state index contributed by atoms with van der Waals surface area (Å²) in [5, 5.41) is 6.38. The fraction of sp³-hybridized carbons (Fsp3) is 0.188. The fourth-order valence-electron chi connectivity index (χ4n) is 1.83. The van der Waals surface area contributed by atoms with E-state index in [2.05, 4.69) is 10.6 Å². The Labute approximate surface area is 142 Å². The van der Waals surface area contributed by atoms with Crippen LogP contribution >= 0.6 is 23.4 Å². The van der Waals surface area contributed by atoms with Crippen LogP contribution < -0.4 is 10.6 Å². The molecule has 0 radical (unpaired) electrons. The molecule has 0 fully saturated rings. The van der Waals surface area contributed by atoms with Crippen molar-refractivity contribution in [3.05, 3.63) is 53.6 Å². The molecule has 2 aromatic carbocycles. The Morgan fingerprint density at radius 3 is 2.17 bits per heavy atom. The Morgan fingerprint density at radius 2 is 1.61 bits per heavy atom. The lowest BCUT2D eigenvalue weighted by Gasteiger charge is -2.15. The van der Waals surface area contributed by atoms with Crippen LogP contribution in [-0.4, -0.2) is 17.7 Å². The molecular weight excluding hydrogens is 342 g/mol. The van der Waals surface area contributed by atoms with Gasteiger partial charge in [-0.25, -0.2) is 0 Å². The minimum Gasteiger partial charge on any atom is -0.374 e. The van der Waals surface area contributed by atoms with E-state index < -0.39 is 11.8 Å². The third kappa shape index (κ3) is 5.73. The number of halogens is 3. The zero-order chi connectivity index (χ0) is 16.8. The van der Waals surface area contributed by atoms with Crippen LogP contribution in [0.5, 0.6) is 0 Å². The number of anilines is 2. The van der Waals surface area contributed by atoms with E-state index in [4.69, 9.17) is 11.6 Å². The van der Waals surface area contributed by atoms with Crippen LogP contribution in [0.25, 0.3) is 0 Å². The second-order valence-electron chi connectivity index (χ2n) is 4.77. The fourth-order valence-corrected chi connectivity index (χ4v) is 2.46. The molecule has 2 aromatic rings. The Morgan fingerprint density at radius 1 is 1.04 bits per heavy atom. The van der Waals surface area contributed by atoms with Gasteiger partial charge >= 0.3 is 0 Å². The van der Waals surface area contributed by atoms with Gasteiger partial charge in [-0.15, -0.1) is 0 Å². The van der Waals surface area contributed by atoms with Crippen molar-refractivity contribution in [2.24, 2.45) is 0 Å². The number of rotatable bonds is 6.